The number of hydrogen-bond acceptors (Lipinski definition) is 4. The summed E-state index contributed by atoms with van der Waals surface area (Å²) in [6.45, 7) is 7.09. The number of carbonyl (C=O) groups excluding carboxylic acids is 1. The molecule has 2 heterocycles. The Morgan fingerprint density at radius 1 is 1.17 bits per heavy atom. The van der Waals surface area contributed by atoms with Crippen LogP contribution in [0.3, 0.4) is 0 Å². The van der Waals surface area contributed by atoms with Gasteiger partial charge in [0.15, 0.2) is 5.16 Å². The third kappa shape index (κ3) is 4.94. The number of hydrogen-bond donors (Lipinski definition) is 1. The molecule has 4 rings (SSSR count). The van der Waals surface area contributed by atoms with Crippen molar-refractivity contribution in [3.8, 4) is 5.69 Å². The maximum absolute atomic E-state index is 12.5. The summed E-state index contributed by atoms with van der Waals surface area (Å²) in [6, 6.07) is 17.0. The minimum Gasteiger partial charge on any atom is -0.351 e. The predicted molar refractivity (Wildman–Crippen MR) is 122 cm³/mol. The maximum Gasteiger partial charge on any atom is 0.230 e. The van der Waals surface area contributed by atoms with Crippen molar-refractivity contribution in [3.05, 3.63) is 77.6 Å². The molecule has 1 aliphatic heterocycles. The molecule has 1 atom stereocenters. The number of rotatable bonds is 7. The molecule has 1 N–H and O–H groups in total. The lowest BCUT2D eigenvalue weighted by Crippen LogP contribution is -2.38. The van der Waals surface area contributed by atoms with Crippen LogP contribution in [0.2, 0.25) is 0 Å². The van der Waals surface area contributed by atoms with E-state index in [2.05, 4.69) is 76.1 Å². The maximum atomic E-state index is 12.5. The van der Waals surface area contributed by atoms with Gasteiger partial charge in [-0.05, 0) is 43.0 Å². The lowest BCUT2D eigenvalue weighted by atomic mass is 10.1. The van der Waals surface area contributed by atoms with Gasteiger partial charge in [-0.2, -0.15) is 0 Å². The molecule has 1 amide bonds. The average molecular weight is 421 g/mol. The first-order valence-electron chi connectivity index (χ1n) is 10.4. The molecule has 1 unspecified atom stereocenters. The second-order valence-corrected chi connectivity index (χ2v) is 8.80. The highest BCUT2D eigenvalue weighted by atomic mass is 32.2. The van der Waals surface area contributed by atoms with Crippen LogP contribution in [0, 0.1) is 13.8 Å². The second kappa shape index (κ2) is 9.49. The highest BCUT2D eigenvalue weighted by molar-refractivity contribution is 7.99. The van der Waals surface area contributed by atoms with E-state index in [9.17, 15) is 4.79 Å². The lowest BCUT2D eigenvalue weighted by molar-refractivity contribution is -0.119. The normalized spacial score (nSPS) is 16.7. The monoisotopic (exact) mass is 420 g/mol. The van der Waals surface area contributed by atoms with E-state index in [1.807, 2.05) is 12.3 Å². The number of aromatic nitrogens is 2. The summed E-state index contributed by atoms with van der Waals surface area (Å²) in [5.41, 5.74) is 4.91. The van der Waals surface area contributed by atoms with Crippen LogP contribution in [0.4, 0.5) is 0 Å². The van der Waals surface area contributed by atoms with Crippen molar-refractivity contribution in [3.63, 3.8) is 0 Å². The number of nitrogens with one attached hydrogen (secondary N) is 1. The van der Waals surface area contributed by atoms with Crippen molar-refractivity contribution < 1.29 is 4.79 Å². The Kier molecular flexibility index (Phi) is 6.55. The fourth-order valence-corrected chi connectivity index (χ4v) is 4.69. The quantitative estimate of drug-likeness (QED) is 0.588. The van der Waals surface area contributed by atoms with Crippen molar-refractivity contribution in [2.24, 2.45) is 0 Å². The molecule has 0 saturated carbocycles. The smallest absolute Gasteiger partial charge is 0.230 e. The molecule has 0 bridgehead atoms. The molecule has 0 spiro atoms. The molecular formula is C24H28N4OS. The summed E-state index contributed by atoms with van der Waals surface area (Å²) in [5, 5.41) is 4.04. The number of likely N-dealkylation sites (tertiary alicyclic amines) is 1. The molecule has 2 aromatic carbocycles. The number of aryl methyl sites for hydroxylation is 1. The van der Waals surface area contributed by atoms with Gasteiger partial charge in [0.25, 0.3) is 0 Å². The Hall–Kier alpha value is -2.57. The van der Waals surface area contributed by atoms with E-state index in [0.29, 0.717) is 5.75 Å². The number of carbonyl (C=O) groups is 1. The number of nitrogens with zero attached hydrogens (tertiary/aromatic N) is 3. The molecular weight excluding hydrogens is 392 g/mol. The molecule has 0 aliphatic carbocycles. The summed E-state index contributed by atoms with van der Waals surface area (Å²) < 4.78 is 2.07. The Morgan fingerprint density at radius 3 is 2.83 bits per heavy atom. The van der Waals surface area contributed by atoms with E-state index in [1.54, 1.807) is 6.20 Å². The van der Waals surface area contributed by atoms with E-state index in [-0.39, 0.29) is 11.9 Å². The van der Waals surface area contributed by atoms with Gasteiger partial charge < -0.3 is 5.32 Å². The van der Waals surface area contributed by atoms with Gasteiger partial charge in [0.2, 0.25) is 5.91 Å². The van der Waals surface area contributed by atoms with Crippen LogP contribution in [0.25, 0.3) is 5.69 Å². The molecule has 1 aliphatic rings. The molecule has 30 heavy (non-hydrogen) atoms. The minimum absolute atomic E-state index is 0.0714. The topological polar surface area (TPSA) is 50.2 Å². The summed E-state index contributed by atoms with van der Waals surface area (Å²) >= 11 is 1.48. The first kappa shape index (κ1) is 20.7. The van der Waals surface area contributed by atoms with Crippen LogP contribution in [0.5, 0.6) is 0 Å². The van der Waals surface area contributed by atoms with Crippen LogP contribution >= 0.6 is 11.8 Å². The van der Waals surface area contributed by atoms with Crippen molar-refractivity contribution in [2.45, 2.75) is 38.0 Å². The predicted octanol–water partition coefficient (Wildman–Crippen LogP) is 3.97. The van der Waals surface area contributed by atoms with Gasteiger partial charge in [0.05, 0.1) is 11.4 Å². The Morgan fingerprint density at radius 2 is 2.00 bits per heavy atom. The fourth-order valence-electron chi connectivity index (χ4n) is 3.91. The van der Waals surface area contributed by atoms with Crippen LogP contribution in [-0.4, -0.2) is 45.2 Å². The molecule has 0 radical (unpaired) electrons. The second-order valence-electron chi connectivity index (χ2n) is 7.86. The summed E-state index contributed by atoms with van der Waals surface area (Å²) in [4.78, 5) is 19.4. The van der Waals surface area contributed by atoms with Gasteiger partial charge >= 0.3 is 0 Å². The van der Waals surface area contributed by atoms with E-state index < -0.39 is 0 Å². The summed E-state index contributed by atoms with van der Waals surface area (Å²) in [7, 11) is 0. The van der Waals surface area contributed by atoms with Crippen molar-refractivity contribution in [2.75, 3.05) is 18.8 Å². The largest absolute Gasteiger partial charge is 0.351 e. The third-order valence-electron chi connectivity index (χ3n) is 5.66. The Balaban J connectivity index is 1.29. The molecule has 1 saturated heterocycles. The zero-order valence-corrected chi connectivity index (χ0v) is 18.4. The van der Waals surface area contributed by atoms with Gasteiger partial charge in [-0.25, -0.2) is 4.98 Å². The van der Waals surface area contributed by atoms with Crippen molar-refractivity contribution in [1.82, 2.24) is 19.8 Å². The highest BCUT2D eigenvalue weighted by Gasteiger charge is 2.24. The number of benzene rings is 2. The lowest BCUT2D eigenvalue weighted by Gasteiger charge is -2.17. The Labute approximate surface area is 182 Å². The van der Waals surface area contributed by atoms with Crippen molar-refractivity contribution >= 4 is 17.7 Å². The third-order valence-corrected chi connectivity index (χ3v) is 6.63. The van der Waals surface area contributed by atoms with Gasteiger partial charge in [-0.1, -0.05) is 54.2 Å². The van der Waals surface area contributed by atoms with Crippen LogP contribution in [0.15, 0.2) is 66.1 Å². The van der Waals surface area contributed by atoms with E-state index in [0.717, 1.165) is 36.9 Å². The SMILES string of the molecule is Cc1cccc(-n2ccnc2SCC(=O)NC2CCN(Cc3ccccc3)C2)c1C. The zero-order valence-electron chi connectivity index (χ0n) is 17.5. The summed E-state index contributed by atoms with van der Waals surface area (Å²) in [5.74, 6) is 0.443. The van der Waals surface area contributed by atoms with E-state index in [1.165, 1.54) is 28.5 Å². The molecule has 6 heteroatoms. The first-order valence-corrected chi connectivity index (χ1v) is 11.4. The fraction of sp³-hybridized carbons (Fsp3) is 0.333. The van der Waals surface area contributed by atoms with Crippen LogP contribution in [0.1, 0.15) is 23.1 Å². The van der Waals surface area contributed by atoms with Gasteiger partial charge in [-0.15, -0.1) is 0 Å². The van der Waals surface area contributed by atoms with Crippen LogP contribution < -0.4 is 5.32 Å². The van der Waals surface area contributed by atoms with Gasteiger partial charge in [0, 0.05) is 38.1 Å². The molecule has 1 aromatic heterocycles. The van der Waals surface area contributed by atoms with Gasteiger partial charge in [-0.3, -0.25) is 14.3 Å². The zero-order chi connectivity index (χ0) is 20.9. The number of amides is 1. The molecule has 3 aromatic rings. The first-order chi connectivity index (χ1) is 14.6. The molecule has 156 valence electrons. The van der Waals surface area contributed by atoms with Gasteiger partial charge in [0.1, 0.15) is 0 Å². The molecule has 5 nitrogen and oxygen atoms in total. The number of thioether (sulfide) groups is 1. The average Bonchev–Trinajstić information content (AvgIpc) is 3.39. The van der Waals surface area contributed by atoms with E-state index in [4.69, 9.17) is 0 Å². The molecule has 1 fully saturated rings. The van der Waals surface area contributed by atoms with Crippen LogP contribution in [-0.2, 0) is 11.3 Å². The summed E-state index contributed by atoms with van der Waals surface area (Å²) in [6.07, 6.45) is 4.75. The minimum atomic E-state index is 0.0714. The number of imidazole rings is 1. The van der Waals surface area contributed by atoms with Crippen molar-refractivity contribution in [1.29, 1.82) is 0 Å². The van der Waals surface area contributed by atoms with E-state index >= 15 is 0 Å². The standard InChI is InChI=1S/C24H28N4OS/c1-18-7-6-10-22(19(18)2)28-14-12-25-24(28)30-17-23(29)26-21-11-13-27(16-21)15-20-8-4-3-5-9-20/h3-10,12,14,21H,11,13,15-17H2,1-2H3,(H,26,29). The Bertz CT molecular complexity index is 1000. The highest BCUT2D eigenvalue weighted by Crippen LogP contribution is 2.24.